The highest BCUT2D eigenvalue weighted by molar-refractivity contribution is 7.98. The number of fused-ring (bicyclic) bond motifs is 1. The van der Waals surface area contributed by atoms with Gasteiger partial charge >= 0.3 is 0 Å². The van der Waals surface area contributed by atoms with Crippen LogP contribution in [0.25, 0.3) is 22.6 Å². The van der Waals surface area contributed by atoms with E-state index in [4.69, 9.17) is 4.98 Å². The van der Waals surface area contributed by atoms with E-state index in [0.717, 1.165) is 41.3 Å². The fourth-order valence-electron chi connectivity index (χ4n) is 3.27. The van der Waals surface area contributed by atoms with Crippen LogP contribution in [0, 0.1) is 5.82 Å². The molecule has 1 aliphatic rings. The van der Waals surface area contributed by atoms with Gasteiger partial charge in [-0.3, -0.25) is 0 Å². The second-order valence-electron chi connectivity index (χ2n) is 5.91. The Bertz CT molecular complexity index is 910. The van der Waals surface area contributed by atoms with Crippen LogP contribution in [-0.4, -0.2) is 37.5 Å². The van der Waals surface area contributed by atoms with Gasteiger partial charge in [0, 0.05) is 18.2 Å². The van der Waals surface area contributed by atoms with Crippen LogP contribution in [0.15, 0.2) is 41.7 Å². The second kappa shape index (κ2) is 6.57. The molecule has 0 bridgehead atoms. The van der Waals surface area contributed by atoms with E-state index in [9.17, 15) is 9.50 Å². The molecule has 3 aromatic rings. The van der Waals surface area contributed by atoms with E-state index in [1.54, 1.807) is 18.3 Å². The molecule has 2 aromatic heterocycles. The van der Waals surface area contributed by atoms with Crippen molar-refractivity contribution in [3.05, 3.63) is 48.2 Å². The SMILES string of the molecule is CSc1nccc(-c2c(-c3ccc(F)cc3)nc3n2C(CO)CC3)n1. The lowest BCUT2D eigenvalue weighted by Gasteiger charge is -2.15. The summed E-state index contributed by atoms with van der Waals surface area (Å²) < 4.78 is 15.4. The van der Waals surface area contributed by atoms with Gasteiger partial charge in [0.2, 0.25) is 0 Å². The van der Waals surface area contributed by atoms with E-state index < -0.39 is 0 Å². The second-order valence-corrected chi connectivity index (χ2v) is 6.68. The smallest absolute Gasteiger partial charge is 0.187 e. The number of aliphatic hydroxyl groups excluding tert-OH is 1. The van der Waals surface area contributed by atoms with Gasteiger partial charge in [-0.15, -0.1) is 0 Å². The maximum absolute atomic E-state index is 13.3. The molecule has 5 nitrogen and oxygen atoms in total. The van der Waals surface area contributed by atoms with Crippen molar-refractivity contribution in [1.29, 1.82) is 0 Å². The van der Waals surface area contributed by atoms with E-state index in [0.29, 0.717) is 5.16 Å². The lowest BCUT2D eigenvalue weighted by atomic mass is 10.1. The monoisotopic (exact) mass is 356 g/mol. The lowest BCUT2D eigenvalue weighted by molar-refractivity contribution is 0.234. The third-order valence-corrected chi connectivity index (χ3v) is 5.00. The lowest BCUT2D eigenvalue weighted by Crippen LogP contribution is -2.10. The Morgan fingerprint density at radius 3 is 2.76 bits per heavy atom. The first-order valence-electron chi connectivity index (χ1n) is 8.06. The Morgan fingerprint density at radius 1 is 1.24 bits per heavy atom. The topological polar surface area (TPSA) is 63.8 Å². The van der Waals surface area contributed by atoms with Crippen LogP contribution in [0.5, 0.6) is 0 Å². The highest BCUT2D eigenvalue weighted by Gasteiger charge is 2.30. The molecule has 4 rings (SSSR count). The normalized spacial score (nSPS) is 16.2. The van der Waals surface area contributed by atoms with Crippen molar-refractivity contribution < 1.29 is 9.50 Å². The van der Waals surface area contributed by atoms with Crippen molar-refractivity contribution in [2.75, 3.05) is 12.9 Å². The molecule has 0 aliphatic carbocycles. The molecule has 1 aliphatic heterocycles. The third-order valence-electron chi connectivity index (χ3n) is 4.44. The third kappa shape index (κ3) is 2.83. The minimum Gasteiger partial charge on any atom is -0.394 e. The summed E-state index contributed by atoms with van der Waals surface area (Å²) in [6.07, 6.45) is 5.32. The first-order valence-corrected chi connectivity index (χ1v) is 9.29. The summed E-state index contributed by atoms with van der Waals surface area (Å²) in [4.78, 5) is 13.6. The summed E-state index contributed by atoms with van der Waals surface area (Å²) in [7, 11) is 0. The van der Waals surface area contributed by atoms with Crippen LogP contribution in [-0.2, 0) is 6.42 Å². The predicted octanol–water partition coefficient (Wildman–Crippen LogP) is 3.35. The van der Waals surface area contributed by atoms with Crippen molar-refractivity contribution in [1.82, 2.24) is 19.5 Å². The Labute approximate surface area is 149 Å². The molecular formula is C18H17FN4OS. The van der Waals surface area contributed by atoms with Gasteiger partial charge in [-0.1, -0.05) is 11.8 Å². The average molecular weight is 356 g/mol. The van der Waals surface area contributed by atoms with Crippen molar-refractivity contribution in [3.8, 4) is 22.6 Å². The largest absolute Gasteiger partial charge is 0.394 e. The molecule has 1 aromatic carbocycles. The Hall–Kier alpha value is -2.25. The van der Waals surface area contributed by atoms with E-state index in [1.807, 2.05) is 12.3 Å². The average Bonchev–Trinajstić information content (AvgIpc) is 3.21. The van der Waals surface area contributed by atoms with Gasteiger partial charge in [-0.2, -0.15) is 0 Å². The number of rotatable bonds is 4. The molecule has 0 amide bonds. The predicted molar refractivity (Wildman–Crippen MR) is 94.9 cm³/mol. The fourth-order valence-corrected chi connectivity index (χ4v) is 3.63. The number of aliphatic hydroxyl groups is 1. The van der Waals surface area contributed by atoms with Crippen LogP contribution < -0.4 is 0 Å². The molecule has 1 unspecified atom stereocenters. The molecule has 0 fully saturated rings. The number of halogens is 1. The summed E-state index contributed by atoms with van der Waals surface area (Å²) in [5, 5.41) is 10.4. The van der Waals surface area contributed by atoms with Gasteiger partial charge in [-0.25, -0.2) is 19.3 Å². The van der Waals surface area contributed by atoms with Gasteiger partial charge in [0.25, 0.3) is 0 Å². The van der Waals surface area contributed by atoms with Gasteiger partial charge in [-0.05, 0) is 43.0 Å². The number of imidazole rings is 1. The van der Waals surface area contributed by atoms with Crippen LogP contribution in [0.4, 0.5) is 4.39 Å². The molecule has 1 N–H and O–H groups in total. The minimum atomic E-state index is -0.281. The van der Waals surface area contributed by atoms with Crippen molar-refractivity contribution in [2.45, 2.75) is 24.0 Å². The van der Waals surface area contributed by atoms with Crippen LogP contribution in [0.3, 0.4) is 0 Å². The van der Waals surface area contributed by atoms with Gasteiger partial charge in [0.05, 0.1) is 29.7 Å². The first kappa shape index (κ1) is 16.2. The number of hydrogen-bond acceptors (Lipinski definition) is 5. The molecule has 3 heterocycles. The number of hydrogen-bond donors (Lipinski definition) is 1. The highest BCUT2D eigenvalue weighted by atomic mass is 32.2. The molecule has 0 saturated carbocycles. The Morgan fingerprint density at radius 2 is 2.04 bits per heavy atom. The molecule has 7 heteroatoms. The van der Waals surface area contributed by atoms with Crippen molar-refractivity contribution in [2.24, 2.45) is 0 Å². The summed E-state index contributed by atoms with van der Waals surface area (Å²) in [5.74, 6) is 0.648. The van der Waals surface area contributed by atoms with E-state index in [1.165, 1.54) is 23.9 Å². The number of benzene rings is 1. The summed E-state index contributed by atoms with van der Waals surface area (Å²) >= 11 is 1.47. The zero-order valence-electron chi connectivity index (χ0n) is 13.7. The van der Waals surface area contributed by atoms with Gasteiger partial charge in [0.15, 0.2) is 5.16 Å². The number of aryl methyl sites for hydroxylation is 1. The molecule has 128 valence electrons. The van der Waals surface area contributed by atoms with Gasteiger partial charge in [0.1, 0.15) is 11.6 Å². The molecule has 0 saturated heterocycles. The van der Waals surface area contributed by atoms with Crippen molar-refractivity contribution in [3.63, 3.8) is 0 Å². The molecular weight excluding hydrogens is 339 g/mol. The summed E-state index contributed by atoms with van der Waals surface area (Å²) in [6, 6.07) is 8.15. The molecule has 1 atom stereocenters. The van der Waals surface area contributed by atoms with Crippen LogP contribution in [0.1, 0.15) is 18.3 Å². The maximum atomic E-state index is 13.3. The van der Waals surface area contributed by atoms with Crippen molar-refractivity contribution >= 4 is 11.8 Å². The van der Waals surface area contributed by atoms with Crippen LogP contribution in [0.2, 0.25) is 0 Å². The molecule has 0 spiro atoms. The van der Waals surface area contributed by atoms with E-state index in [-0.39, 0.29) is 18.5 Å². The van der Waals surface area contributed by atoms with E-state index in [2.05, 4.69) is 14.5 Å². The zero-order valence-corrected chi connectivity index (χ0v) is 14.5. The number of thioether (sulfide) groups is 1. The van der Waals surface area contributed by atoms with Crippen LogP contribution >= 0.6 is 11.8 Å². The summed E-state index contributed by atoms with van der Waals surface area (Å²) in [5.41, 5.74) is 3.21. The first-order chi connectivity index (χ1) is 12.2. The van der Waals surface area contributed by atoms with Gasteiger partial charge < -0.3 is 9.67 Å². The Balaban J connectivity index is 1.94. The maximum Gasteiger partial charge on any atom is 0.187 e. The summed E-state index contributed by atoms with van der Waals surface area (Å²) in [6.45, 7) is 0.0552. The molecule has 0 radical (unpaired) electrons. The minimum absolute atomic E-state index is 0.0145. The quantitative estimate of drug-likeness (QED) is 0.574. The highest BCUT2D eigenvalue weighted by Crippen LogP contribution is 2.39. The van der Waals surface area contributed by atoms with E-state index >= 15 is 0 Å². The number of nitrogens with zero attached hydrogens (tertiary/aromatic N) is 4. The fraction of sp³-hybridized carbons (Fsp3) is 0.278. The standard InChI is InChI=1S/C18H17FN4OS/c1-25-18-20-9-8-14(21-18)17-16(11-2-4-12(19)5-3-11)22-15-7-6-13(10-24)23(15)17/h2-5,8-9,13,24H,6-7,10H2,1H3. The molecule has 25 heavy (non-hydrogen) atoms. The number of aromatic nitrogens is 4. The Kier molecular flexibility index (Phi) is 4.27. The zero-order chi connectivity index (χ0) is 17.4.